The highest BCUT2D eigenvalue weighted by atomic mass is 32.2. The summed E-state index contributed by atoms with van der Waals surface area (Å²) in [4.78, 5) is 27.2. The molecule has 2 amide bonds. The van der Waals surface area contributed by atoms with Gasteiger partial charge in [0.2, 0.25) is 11.8 Å². The van der Waals surface area contributed by atoms with E-state index in [-0.39, 0.29) is 35.7 Å². The standard InChI is InChI=1S/C22H24N2O6S/c1-14(15-3-6-18(7-4-15)31(2,27)28)23-22(26)16-11-21(25)24(13-16)17-5-8-19-20(12-17)30-10-9-29-19/h3-8,12,14,16H,9-11,13H2,1-2H3,(H,23,26)/t14-,16-/m1/s1. The van der Waals surface area contributed by atoms with Crippen molar-refractivity contribution >= 4 is 27.3 Å². The van der Waals surface area contributed by atoms with Crippen LogP contribution >= 0.6 is 0 Å². The Morgan fingerprint density at radius 3 is 2.45 bits per heavy atom. The normalized spacial score (nSPS) is 19.2. The molecule has 164 valence electrons. The Morgan fingerprint density at radius 2 is 1.77 bits per heavy atom. The Kier molecular flexibility index (Phi) is 5.62. The molecule has 4 rings (SSSR count). The van der Waals surface area contributed by atoms with Crippen LogP contribution in [0.15, 0.2) is 47.4 Å². The molecule has 2 aliphatic rings. The first-order chi connectivity index (χ1) is 14.7. The highest BCUT2D eigenvalue weighted by Gasteiger charge is 2.36. The van der Waals surface area contributed by atoms with E-state index in [1.807, 2.05) is 6.92 Å². The highest BCUT2D eigenvalue weighted by Crippen LogP contribution is 2.36. The van der Waals surface area contributed by atoms with Gasteiger partial charge in [-0.05, 0) is 36.8 Å². The maximum Gasteiger partial charge on any atom is 0.227 e. The Morgan fingerprint density at radius 1 is 1.10 bits per heavy atom. The molecule has 0 aromatic heterocycles. The minimum absolute atomic E-state index is 0.123. The molecular weight excluding hydrogens is 420 g/mol. The van der Waals surface area contributed by atoms with E-state index in [4.69, 9.17) is 9.47 Å². The Hall–Kier alpha value is -3.07. The maximum atomic E-state index is 12.8. The van der Waals surface area contributed by atoms with Crippen LogP contribution in [0.5, 0.6) is 11.5 Å². The number of ether oxygens (including phenoxy) is 2. The molecule has 0 spiro atoms. The summed E-state index contributed by atoms with van der Waals surface area (Å²) in [5.74, 6) is 0.427. The molecule has 2 atom stereocenters. The molecule has 1 fully saturated rings. The van der Waals surface area contributed by atoms with Gasteiger partial charge in [-0.2, -0.15) is 0 Å². The molecule has 8 nitrogen and oxygen atoms in total. The molecule has 0 aliphatic carbocycles. The zero-order chi connectivity index (χ0) is 22.2. The van der Waals surface area contributed by atoms with Crippen molar-refractivity contribution in [3.05, 3.63) is 48.0 Å². The number of rotatable bonds is 5. The number of amides is 2. The van der Waals surface area contributed by atoms with Crippen LogP contribution in [-0.2, 0) is 19.4 Å². The summed E-state index contributed by atoms with van der Waals surface area (Å²) in [6.07, 6.45) is 1.28. The van der Waals surface area contributed by atoms with Gasteiger partial charge in [0, 0.05) is 31.0 Å². The predicted molar refractivity (Wildman–Crippen MR) is 114 cm³/mol. The third-order valence-electron chi connectivity index (χ3n) is 5.50. The van der Waals surface area contributed by atoms with E-state index in [2.05, 4.69) is 5.32 Å². The average Bonchev–Trinajstić information content (AvgIpc) is 3.14. The molecule has 2 aromatic carbocycles. The predicted octanol–water partition coefficient (Wildman–Crippen LogP) is 2.09. The second kappa shape index (κ2) is 8.22. The first-order valence-electron chi connectivity index (χ1n) is 10.0. The van der Waals surface area contributed by atoms with Gasteiger partial charge in [-0.3, -0.25) is 9.59 Å². The summed E-state index contributed by atoms with van der Waals surface area (Å²) in [5.41, 5.74) is 1.46. The van der Waals surface area contributed by atoms with Crippen molar-refractivity contribution in [3.63, 3.8) is 0 Å². The average molecular weight is 445 g/mol. The molecule has 0 saturated carbocycles. The molecule has 1 N–H and O–H groups in total. The second-order valence-electron chi connectivity index (χ2n) is 7.80. The fraction of sp³-hybridized carbons (Fsp3) is 0.364. The van der Waals surface area contributed by atoms with E-state index in [0.29, 0.717) is 30.4 Å². The van der Waals surface area contributed by atoms with E-state index >= 15 is 0 Å². The summed E-state index contributed by atoms with van der Waals surface area (Å²) < 4.78 is 34.3. The molecule has 0 unspecified atom stereocenters. The number of benzene rings is 2. The lowest BCUT2D eigenvalue weighted by Crippen LogP contribution is -2.34. The van der Waals surface area contributed by atoms with Gasteiger partial charge < -0.3 is 19.7 Å². The number of nitrogens with one attached hydrogen (secondary N) is 1. The van der Waals surface area contributed by atoms with Gasteiger partial charge in [0.05, 0.1) is 16.9 Å². The molecule has 1 saturated heterocycles. The Bertz CT molecular complexity index is 1110. The van der Waals surface area contributed by atoms with Crippen molar-refractivity contribution < 1.29 is 27.5 Å². The lowest BCUT2D eigenvalue weighted by atomic mass is 10.1. The van der Waals surface area contributed by atoms with Crippen LogP contribution in [0.1, 0.15) is 24.9 Å². The third kappa shape index (κ3) is 4.51. The quantitative estimate of drug-likeness (QED) is 0.758. The fourth-order valence-corrected chi connectivity index (χ4v) is 4.38. The van der Waals surface area contributed by atoms with Crippen molar-refractivity contribution in [3.8, 4) is 11.5 Å². The van der Waals surface area contributed by atoms with E-state index < -0.39 is 15.8 Å². The van der Waals surface area contributed by atoms with Crippen molar-refractivity contribution in [2.45, 2.75) is 24.3 Å². The Balaban J connectivity index is 1.41. The van der Waals surface area contributed by atoms with Gasteiger partial charge in [-0.15, -0.1) is 0 Å². The van der Waals surface area contributed by atoms with Crippen LogP contribution in [0.25, 0.3) is 0 Å². The maximum absolute atomic E-state index is 12.8. The first-order valence-corrected chi connectivity index (χ1v) is 11.9. The highest BCUT2D eigenvalue weighted by molar-refractivity contribution is 7.90. The van der Waals surface area contributed by atoms with Crippen LogP contribution in [-0.4, -0.2) is 46.2 Å². The SMILES string of the molecule is C[C@@H](NC(=O)[C@@H]1CC(=O)N(c2ccc3c(c2)OCCO3)C1)c1ccc(S(C)(=O)=O)cc1. The molecule has 2 aromatic rings. The number of carbonyl (C=O) groups is 2. The smallest absolute Gasteiger partial charge is 0.227 e. The number of sulfone groups is 1. The topological polar surface area (TPSA) is 102 Å². The monoisotopic (exact) mass is 444 g/mol. The molecule has 0 radical (unpaired) electrons. The minimum atomic E-state index is -3.27. The van der Waals surface area contributed by atoms with Crippen molar-refractivity contribution in [1.29, 1.82) is 0 Å². The summed E-state index contributed by atoms with van der Waals surface area (Å²) in [6, 6.07) is 11.4. The van der Waals surface area contributed by atoms with Gasteiger partial charge >= 0.3 is 0 Å². The van der Waals surface area contributed by atoms with E-state index in [1.165, 1.54) is 12.1 Å². The molecular formula is C22H24N2O6S. The number of hydrogen-bond acceptors (Lipinski definition) is 6. The van der Waals surface area contributed by atoms with Crippen molar-refractivity contribution in [2.24, 2.45) is 5.92 Å². The summed E-state index contributed by atoms with van der Waals surface area (Å²) in [6.45, 7) is 3.05. The third-order valence-corrected chi connectivity index (χ3v) is 6.63. The number of hydrogen-bond donors (Lipinski definition) is 1. The van der Waals surface area contributed by atoms with Gasteiger partial charge in [0.25, 0.3) is 0 Å². The van der Waals surface area contributed by atoms with Gasteiger partial charge in [-0.1, -0.05) is 12.1 Å². The number of anilines is 1. The number of nitrogens with zero attached hydrogens (tertiary/aromatic N) is 1. The van der Waals surface area contributed by atoms with Gasteiger partial charge in [0.15, 0.2) is 21.3 Å². The molecule has 2 heterocycles. The fourth-order valence-electron chi connectivity index (χ4n) is 3.75. The molecule has 0 bridgehead atoms. The van der Waals surface area contributed by atoms with E-state index in [1.54, 1.807) is 35.2 Å². The number of carbonyl (C=O) groups excluding carboxylic acids is 2. The zero-order valence-corrected chi connectivity index (χ0v) is 18.1. The van der Waals surface area contributed by atoms with Crippen molar-refractivity contribution in [2.75, 3.05) is 30.9 Å². The lowest BCUT2D eigenvalue weighted by Gasteiger charge is -2.22. The number of fused-ring (bicyclic) bond motifs is 1. The van der Waals surface area contributed by atoms with Crippen molar-refractivity contribution in [1.82, 2.24) is 5.32 Å². The largest absolute Gasteiger partial charge is 0.486 e. The van der Waals surface area contributed by atoms with E-state index in [0.717, 1.165) is 11.8 Å². The van der Waals surface area contributed by atoms with Crippen LogP contribution in [0, 0.1) is 5.92 Å². The summed E-state index contributed by atoms with van der Waals surface area (Å²) >= 11 is 0. The van der Waals surface area contributed by atoms with Gasteiger partial charge in [0.1, 0.15) is 13.2 Å². The van der Waals surface area contributed by atoms with Crippen LogP contribution < -0.4 is 19.7 Å². The summed E-state index contributed by atoms with van der Waals surface area (Å²) in [5, 5.41) is 2.93. The molecule has 9 heteroatoms. The minimum Gasteiger partial charge on any atom is -0.486 e. The van der Waals surface area contributed by atoms with Crippen LogP contribution in [0.4, 0.5) is 5.69 Å². The van der Waals surface area contributed by atoms with Gasteiger partial charge in [-0.25, -0.2) is 8.42 Å². The molecule has 31 heavy (non-hydrogen) atoms. The van der Waals surface area contributed by atoms with E-state index in [9.17, 15) is 18.0 Å². The lowest BCUT2D eigenvalue weighted by molar-refractivity contribution is -0.126. The Labute approximate surface area is 181 Å². The first kappa shape index (κ1) is 21.2. The second-order valence-corrected chi connectivity index (χ2v) is 9.82. The zero-order valence-electron chi connectivity index (χ0n) is 17.3. The molecule has 2 aliphatic heterocycles. The van der Waals surface area contributed by atoms with Crippen LogP contribution in [0.3, 0.4) is 0 Å². The summed E-state index contributed by atoms with van der Waals surface area (Å²) in [7, 11) is -3.27. The van der Waals surface area contributed by atoms with Crippen LogP contribution in [0.2, 0.25) is 0 Å².